The van der Waals surface area contributed by atoms with Crippen molar-refractivity contribution in [3.8, 4) is 5.75 Å². The predicted octanol–water partition coefficient (Wildman–Crippen LogP) is 4.00. The first kappa shape index (κ1) is 14.4. The SMILES string of the molecule is CCOc1cccc(CNC2CCC(C)CC2C)c1. The molecule has 3 unspecified atom stereocenters. The number of benzene rings is 1. The van der Waals surface area contributed by atoms with Crippen LogP contribution in [-0.2, 0) is 6.54 Å². The first-order valence-electron chi connectivity index (χ1n) is 7.64. The highest BCUT2D eigenvalue weighted by molar-refractivity contribution is 5.28. The molecule has 0 spiro atoms. The quantitative estimate of drug-likeness (QED) is 0.865. The van der Waals surface area contributed by atoms with E-state index in [0.717, 1.165) is 30.7 Å². The fourth-order valence-electron chi connectivity index (χ4n) is 3.13. The van der Waals surface area contributed by atoms with Crippen molar-refractivity contribution >= 4 is 0 Å². The van der Waals surface area contributed by atoms with Crippen LogP contribution in [0, 0.1) is 11.8 Å². The Morgan fingerprint density at radius 1 is 1.26 bits per heavy atom. The lowest BCUT2D eigenvalue weighted by atomic mass is 9.80. The van der Waals surface area contributed by atoms with E-state index in [1.807, 2.05) is 13.0 Å². The van der Waals surface area contributed by atoms with E-state index in [0.29, 0.717) is 6.04 Å². The minimum atomic E-state index is 0.673. The number of ether oxygens (including phenoxy) is 1. The smallest absolute Gasteiger partial charge is 0.119 e. The molecule has 0 bridgehead atoms. The first-order chi connectivity index (χ1) is 9.19. The molecule has 2 nitrogen and oxygen atoms in total. The van der Waals surface area contributed by atoms with Crippen molar-refractivity contribution in [3.63, 3.8) is 0 Å². The van der Waals surface area contributed by atoms with Crippen LogP contribution in [0.15, 0.2) is 24.3 Å². The van der Waals surface area contributed by atoms with Gasteiger partial charge in [-0.1, -0.05) is 26.0 Å². The molecular weight excluding hydrogens is 234 g/mol. The summed E-state index contributed by atoms with van der Waals surface area (Å²) in [5.41, 5.74) is 1.32. The van der Waals surface area contributed by atoms with E-state index in [9.17, 15) is 0 Å². The minimum Gasteiger partial charge on any atom is -0.494 e. The molecule has 0 saturated heterocycles. The van der Waals surface area contributed by atoms with E-state index in [1.165, 1.54) is 24.8 Å². The van der Waals surface area contributed by atoms with Crippen LogP contribution in [-0.4, -0.2) is 12.6 Å². The topological polar surface area (TPSA) is 21.3 Å². The summed E-state index contributed by atoms with van der Waals surface area (Å²) >= 11 is 0. The van der Waals surface area contributed by atoms with Gasteiger partial charge in [0.1, 0.15) is 5.75 Å². The van der Waals surface area contributed by atoms with Crippen molar-refractivity contribution < 1.29 is 4.74 Å². The number of rotatable bonds is 5. The molecule has 1 aliphatic carbocycles. The van der Waals surface area contributed by atoms with Crippen LogP contribution in [0.4, 0.5) is 0 Å². The molecule has 0 heterocycles. The Balaban J connectivity index is 1.86. The lowest BCUT2D eigenvalue weighted by Gasteiger charge is -2.33. The molecule has 1 aromatic rings. The van der Waals surface area contributed by atoms with Gasteiger partial charge in [-0.25, -0.2) is 0 Å². The maximum Gasteiger partial charge on any atom is 0.119 e. The lowest BCUT2D eigenvalue weighted by molar-refractivity contribution is 0.227. The van der Waals surface area contributed by atoms with Gasteiger partial charge >= 0.3 is 0 Å². The minimum absolute atomic E-state index is 0.673. The molecular formula is C17H27NO. The molecule has 2 heteroatoms. The summed E-state index contributed by atoms with van der Waals surface area (Å²) < 4.78 is 5.55. The van der Waals surface area contributed by atoms with Crippen molar-refractivity contribution in [1.29, 1.82) is 0 Å². The second-order valence-electron chi connectivity index (χ2n) is 5.96. The average molecular weight is 261 g/mol. The van der Waals surface area contributed by atoms with Crippen molar-refractivity contribution in [2.45, 2.75) is 52.6 Å². The molecule has 1 aliphatic rings. The van der Waals surface area contributed by atoms with Gasteiger partial charge in [-0.15, -0.1) is 0 Å². The molecule has 19 heavy (non-hydrogen) atoms. The summed E-state index contributed by atoms with van der Waals surface area (Å²) in [5.74, 6) is 2.67. The van der Waals surface area contributed by atoms with Crippen LogP contribution in [0.3, 0.4) is 0 Å². The van der Waals surface area contributed by atoms with Crippen LogP contribution < -0.4 is 10.1 Å². The van der Waals surface area contributed by atoms with Crippen LogP contribution in [0.5, 0.6) is 5.75 Å². The van der Waals surface area contributed by atoms with Gasteiger partial charge in [0.05, 0.1) is 6.61 Å². The highest BCUT2D eigenvalue weighted by Crippen LogP contribution is 2.28. The number of nitrogens with one attached hydrogen (secondary N) is 1. The summed E-state index contributed by atoms with van der Waals surface area (Å²) in [6, 6.07) is 9.09. The van der Waals surface area contributed by atoms with E-state index in [-0.39, 0.29) is 0 Å². The molecule has 2 rings (SSSR count). The number of hydrogen-bond acceptors (Lipinski definition) is 2. The monoisotopic (exact) mass is 261 g/mol. The molecule has 1 saturated carbocycles. The van der Waals surface area contributed by atoms with Gasteiger partial charge in [0, 0.05) is 12.6 Å². The summed E-state index contributed by atoms with van der Waals surface area (Å²) in [6.07, 6.45) is 4.03. The Kier molecular flexibility index (Phi) is 5.26. The van der Waals surface area contributed by atoms with E-state index in [1.54, 1.807) is 0 Å². The molecule has 106 valence electrons. The van der Waals surface area contributed by atoms with Gasteiger partial charge in [0.15, 0.2) is 0 Å². The molecule has 0 radical (unpaired) electrons. The lowest BCUT2D eigenvalue weighted by Crippen LogP contribution is -2.38. The zero-order valence-electron chi connectivity index (χ0n) is 12.5. The average Bonchev–Trinajstić information content (AvgIpc) is 2.38. The summed E-state index contributed by atoms with van der Waals surface area (Å²) in [7, 11) is 0. The highest BCUT2D eigenvalue weighted by atomic mass is 16.5. The van der Waals surface area contributed by atoms with E-state index >= 15 is 0 Å². The fraction of sp³-hybridized carbons (Fsp3) is 0.647. The Bertz CT molecular complexity index is 391. The largest absolute Gasteiger partial charge is 0.494 e. The van der Waals surface area contributed by atoms with Crippen molar-refractivity contribution in [1.82, 2.24) is 5.32 Å². The molecule has 1 fully saturated rings. The fourth-order valence-corrected chi connectivity index (χ4v) is 3.13. The summed E-state index contributed by atoms with van der Waals surface area (Å²) in [6.45, 7) is 8.46. The molecule has 0 aromatic heterocycles. The normalized spacial score (nSPS) is 27.2. The zero-order valence-corrected chi connectivity index (χ0v) is 12.5. The molecule has 3 atom stereocenters. The van der Waals surface area contributed by atoms with Crippen molar-refractivity contribution in [2.75, 3.05) is 6.61 Å². The molecule has 1 N–H and O–H groups in total. The van der Waals surface area contributed by atoms with Crippen LogP contribution in [0.1, 0.15) is 45.6 Å². The highest BCUT2D eigenvalue weighted by Gasteiger charge is 2.24. The van der Waals surface area contributed by atoms with E-state index in [4.69, 9.17) is 4.74 Å². The molecule has 1 aromatic carbocycles. The van der Waals surface area contributed by atoms with Crippen LogP contribution >= 0.6 is 0 Å². The predicted molar refractivity (Wildman–Crippen MR) is 80.4 cm³/mol. The summed E-state index contributed by atoms with van der Waals surface area (Å²) in [4.78, 5) is 0. The Labute approximate surface area is 117 Å². The van der Waals surface area contributed by atoms with Gasteiger partial charge in [-0.2, -0.15) is 0 Å². The van der Waals surface area contributed by atoms with Crippen LogP contribution in [0.2, 0.25) is 0 Å². The maximum absolute atomic E-state index is 5.55. The molecule has 0 aliphatic heterocycles. The van der Waals surface area contributed by atoms with Gasteiger partial charge in [-0.05, 0) is 55.7 Å². The molecule has 0 amide bonds. The van der Waals surface area contributed by atoms with Crippen molar-refractivity contribution in [2.24, 2.45) is 11.8 Å². The standard InChI is InChI=1S/C17H27NO/c1-4-19-16-7-5-6-15(11-16)12-18-17-9-8-13(2)10-14(17)3/h5-7,11,13-14,17-18H,4,8-10,12H2,1-3H3. The second-order valence-corrected chi connectivity index (χ2v) is 5.96. The third kappa shape index (κ3) is 4.24. The van der Waals surface area contributed by atoms with Gasteiger partial charge in [-0.3, -0.25) is 0 Å². The first-order valence-corrected chi connectivity index (χ1v) is 7.64. The van der Waals surface area contributed by atoms with E-state index < -0.39 is 0 Å². The Hall–Kier alpha value is -1.02. The second kappa shape index (κ2) is 6.95. The number of hydrogen-bond donors (Lipinski definition) is 1. The zero-order chi connectivity index (χ0) is 13.7. The van der Waals surface area contributed by atoms with Crippen molar-refractivity contribution in [3.05, 3.63) is 29.8 Å². The van der Waals surface area contributed by atoms with Gasteiger partial charge in [0.2, 0.25) is 0 Å². The summed E-state index contributed by atoms with van der Waals surface area (Å²) in [5, 5.41) is 3.72. The Morgan fingerprint density at radius 2 is 2.11 bits per heavy atom. The van der Waals surface area contributed by atoms with Gasteiger partial charge < -0.3 is 10.1 Å². The van der Waals surface area contributed by atoms with Crippen LogP contribution in [0.25, 0.3) is 0 Å². The van der Waals surface area contributed by atoms with E-state index in [2.05, 4.69) is 37.4 Å². The third-order valence-electron chi connectivity index (χ3n) is 4.21. The maximum atomic E-state index is 5.55. The third-order valence-corrected chi connectivity index (χ3v) is 4.21. The van der Waals surface area contributed by atoms with Gasteiger partial charge in [0.25, 0.3) is 0 Å². The Morgan fingerprint density at radius 3 is 2.84 bits per heavy atom.